The van der Waals surface area contributed by atoms with Crippen molar-refractivity contribution in [3.63, 3.8) is 0 Å². The molecule has 0 saturated heterocycles. The molecule has 32 heavy (non-hydrogen) atoms. The number of quaternary nitrogens is 1. The average Bonchev–Trinajstić information content (AvgIpc) is 3.43. The van der Waals surface area contributed by atoms with E-state index in [1.165, 1.54) is 9.58 Å². The van der Waals surface area contributed by atoms with Crippen LogP contribution in [0, 0.1) is 0 Å². The van der Waals surface area contributed by atoms with E-state index in [1.807, 2.05) is 42.5 Å². The summed E-state index contributed by atoms with van der Waals surface area (Å²) in [4.78, 5) is 14.1. The third-order valence-corrected chi connectivity index (χ3v) is 5.28. The molecule has 11 heteroatoms. The number of aromatic nitrogens is 5. The van der Waals surface area contributed by atoms with Gasteiger partial charge in [-0.1, -0.05) is 47.7 Å². The lowest BCUT2D eigenvalue weighted by Gasteiger charge is -2.15. The standard InChI is InChI=1S/C21H23N9O2/c1-3-29(4-2)13-17-18(24-28-30(17)20-19(22)26-32-27-20)21(31)25-23-12-15-10-7-9-14-8-5-6-11-16(14)15/h5-12H,3-4,13H2,1-2H3,(H2,22,26)(H,25,31)/p+1/b23-12-. The Morgan fingerprint density at radius 1 is 1.19 bits per heavy atom. The summed E-state index contributed by atoms with van der Waals surface area (Å²) < 4.78 is 6.08. The molecule has 164 valence electrons. The predicted molar refractivity (Wildman–Crippen MR) is 118 cm³/mol. The number of hydrogen-bond acceptors (Lipinski definition) is 8. The summed E-state index contributed by atoms with van der Waals surface area (Å²) >= 11 is 0. The number of fused-ring (bicyclic) bond motifs is 1. The minimum absolute atomic E-state index is 0.0617. The van der Waals surface area contributed by atoms with Crippen LogP contribution < -0.4 is 16.1 Å². The maximum absolute atomic E-state index is 12.9. The van der Waals surface area contributed by atoms with E-state index < -0.39 is 5.91 Å². The van der Waals surface area contributed by atoms with E-state index in [2.05, 4.69) is 49.6 Å². The van der Waals surface area contributed by atoms with Gasteiger partial charge in [0.1, 0.15) is 12.2 Å². The van der Waals surface area contributed by atoms with E-state index in [-0.39, 0.29) is 17.3 Å². The molecule has 0 aliphatic rings. The number of hydrogen-bond donors (Lipinski definition) is 3. The zero-order chi connectivity index (χ0) is 22.5. The van der Waals surface area contributed by atoms with Crippen molar-refractivity contribution >= 4 is 28.7 Å². The normalized spacial score (nSPS) is 11.6. The molecular weight excluding hydrogens is 410 g/mol. The molecule has 0 bridgehead atoms. The lowest BCUT2D eigenvalue weighted by molar-refractivity contribution is -0.910. The Hall–Kier alpha value is -4.12. The summed E-state index contributed by atoms with van der Waals surface area (Å²) in [5.41, 5.74) is 9.95. The molecule has 0 aliphatic heterocycles. The Morgan fingerprint density at radius 3 is 2.72 bits per heavy atom. The molecule has 2 heterocycles. The van der Waals surface area contributed by atoms with Crippen LogP contribution in [0.5, 0.6) is 0 Å². The van der Waals surface area contributed by atoms with Crippen molar-refractivity contribution in [1.29, 1.82) is 0 Å². The first-order chi connectivity index (χ1) is 15.6. The highest BCUT2D eigenvalue weighted by Crippen LogP contribution is 2.17. The minimum Gasteiger partial charge on any atom is -0.378 e. The third-order valence-electron chi connectivity index (χ3n) is 5.28. The molecular formula is C21H24N9O2+. The van der Waals surface area contributed by atoms with Gasteiger partial charge in [0.15, 0.2) is 5.69 Å². The molecule has 0 aliphatic carbocycles. The van der Waals surface area contributed by atoms with Gasteiger partial charge in [-0.15, -0.1) is 5.10 Å². The maximum atomic E-state index is 12.9. The fraction of sp³-hybridized carbons (Fsp3) is 0.238. The Balaban J connectivity index is 1.61. The van der Waals surface area contributed by atoms with Crippen LogP contribution in [0.25, 0.3) is 16.6 Å². The van der Waals surface area contributed by atoms with Crippen molar-refractivity contribution in [2.75, 3.05) is 18.8 Å². The van der Waals surface area contributed by atoms with Crippen LogP contribution in [0.4, 0.5) is 5.82 Å². The summed E-state index contributed by atoms with van der Waals surface area (Å²) in [6.45, 7) is 6.32. The highest BCUT2D eigenvalue weighted by atomic mass is 16.6. The first kappa shape index (κ1) is 21.1. The number of carbonyl (C=O) groups is 1. The van der Waals surface area contributed by atoms with Crippen molar-refractivity contribution in [3.05, 3.63) is 59.4 Å². The van der Waals surface area contributed by atoms with E-state index in [0.29, 0.717) is 12.2 Å². The number of benzene rings is 2. The largest absolute Gasteiger partial charge is 0.378 e. The average molecular weight is 434 g/mol. The van der Waals surface area contributed by atoms with E-state index in [0.717, 1.165) is 29.4 Å². The zero-order valence-corrected chi connectivity index (χ0v) is 17.8. The first-order valence-electron chi connectivity index (χ1n) is 10.3. The number of amides is 1. The van der Waals surface area contributed by atoms with Crippen LogP contribution in [0.3, 0.4) is 0 Å². The molecule has 1 amide bonds. The molecule has 4 N–H and O–H groups in total. The summed E-state index contributed by atoms with van der Waals surface area (Å²) in [5.74, 6) is -0.228. The smallest absolute Gasteiger partial charge is 0.294 e. The number of anilines is 1. The molecule has 2 aromatic carbocycles. The fourth-order valence-electron chi connectivity index (χ4n) is 3.46. The van der Waals surface area contributed by atoms with Crippen LogP contribution in [0.2, 0.25) is 0 Å². The Kier molecular flexibility index (Phi) is 6.17. The Bertz CT molecular complexity index is 1250. The number of nitrogens with one attached hydrogen (secondary N) is 2. The highest BCUT2D eigenvalue weighted by Gasteiger charge is 2.26. The number of hydrazone groups is 1. The molecule has 0 unspecified atom stereocenters. The van der Waals surface area contributed by atoms with Crippen molar-refractivity contribution in [2.24, 2.45) is 5.10 Å². The van der Waals surface area contributed by atoms with Crippen LogP contribution in [-0.4, -0.2) is 50.5 Å². The van der Waals surface area contributed by atoms with Gasteiger partial charge < -0.3 is 10.6 Å². The zero-order valence-electron chi connectivity index (χ0n) is 17.8. The quantitative estimate of drug-likeness (QED) is 0.272. The second kappa shape index (κ2) is 9.35. The van der Waals surface area contributed by atoms with Crippen molar-refractivity contribution in [3.8, 4) is 5.82 Å². The summed E-state index contributed by atoms with van der Waals surface area (Å²) in [7, 11) is 0. The Labute approximate surface area is 183 Å². The Morgan fingerprint density at radius 2 is 1.97 bits per heavy atom. The predicted octanol–water partition coefficient (Wildman–Crippen LogP) is 0.574. The molecule has 4 rings (SSSR count). The number of carbonyl (C=O) groups excluding carboxylic acids is 1. The van der Waals surface area contributed by atoms with E-state index >= 15 is 0 Å². The molecule has 0 fully saturated rings. The van der Waals surface area contributed by atoms with Crippen LogP contribution in [0.1, 0.15) is 35.6 Å². The first-order valence-corrected chi connectivity index (χ1v) is 10.3. The monoisotopic (exact) mass is 434 g/mol. The molecule has 11 nitrogen and oxygen atoms in total. The van der Waals surface area contributed by atoms with E-state index in [9.17, 15) is 4.79 Å². The molecule has 0 saturated carbocycles. The van der Waals surface area contributed by atoms with Crippen LogP contribution in [0.15, 0.2) is 52.2 Å². The molecule has 0 atom stereocenters. The summed E-state index contributed by atoms with van der Waals surface area (Å²) in [5, 5.41) is 21.8. The van der Waals surface area contributed by atoms with Gasteiger partial charge in [0.25, 0.3) is 5.91 Å². The molecule has 2 aromatic heterocycles. The second-order valence-electron chi connectivity index (χ2n) is 7.17. The van der Waals surface area contributed by atoms with Crippen LogP contribution in [-0.2, 0) is 6.54 Å². The van der Waals surface area contributed by atoms with Crippen molar-refractivity contribution < 1.29 is 14.3 Å². The topological polar surface area (TPSA) is 142 Å². The van der Waals surface area contributed by atoms with Crippen LogP contribution >= 0.6 is 0 Å². The van der Waals surface area contributed by atoms with Gasteiger partial charge in [-0.25, -0.2) is 10.1 Å². The number of nitrogens with zero attached hydrogens (tertiary/aromatic N) is 6. The number of nitrogen functional groups attached to an aromatic ring is 1. The SMILES string of the molecule is CC[NH+](CC)Cc1c(C(=O)N/N=C\c2cccc3ccccc23)nnn1-c1nonc1N. The number of nitrogens with two attached hydrogens (primary N) is 1. The van der Waals surface area contributed by atoms with Crippen molar-refractivity contribution in [2.45, 2.75) is 20.4 Å². The molecule has 0 spiro atoms. The van der Waals surface area contributed by atoms with E-state index in [4.69, 9.17) is 5.73 Å². The van der Waals surface area contributed by atoms with E-state index in [1.54, 1.807) is 6.21 Å². The summed E-state index contributed by atoms with van der Waals surface area (Å²) in [6, 6.07) is 13.9. The van der Waals surface area contributed by atoms with Gasteiger partial charge in [0, 0.05) is 5.56 Å². The summed E-state index contributed by atoms with van der Waals surface area (Å²) in [6.07, 6.45) is 1.61. The van der Waals surface area contributed by atoms with Gasteiger partial charge in [-0.3, -0.25) is 4.79 Å². The van der Waals surface area contributed by atoms with Gasteiger partial charge in [-0.2, -0.15) is 9.78 Å². The van der Waals surface area contributed by atoms with Crippen molar-refractivity contribution in [1.82, 2.24) is 30.7 Å². The highest BCUT2D eigenvalue weighted by molar-refractivity contribution is 6.00. The maximum Gasteiger partial charge on any atom is 0.294 e. The lowest BCUT2D eigenvalue weighted by atomic mass is 10.1. The van der Waals surface area contributed by atoms with Gasteiger partial charge in [-0.05, 0) is 34.9 Å². The minimum atomic E-state index is -0.482. The third kappa shape index (κ3) is 4.18. The lowest BCUT2D eigenvalue weighted by Crippen LogP contribution is -3.10. The molecule has 0 radical (unpaired) electrons. The number of rotatable bonds is 8. The van der Waals surface area contributed by atoms with Gasteiger partial charge in [0.2, 0.25) is 11.6 Å². The molecule has 4 aromatic rings. The van der Waals surface area contributed by atoms with Gasteiger partial charge in [0.05, 0.1) is 19.3 Å². The second-order valence-corrected chi connectivity index (χ2v) is 7.17. The fourth-order valence-corrected chi connectivity index (χ4v) is 3.46. The van der Waals surface area contributed by atoms with Gasteiger partial charge >= 0.3 is 0 Å².